The van der Waals surface area contributed by atoms with Crippen LogP contribution in [0.2, 0.25) is 0 Å². The molecule has 0 saturated heterocycles. The topological polar surface area (TPSA) is 30.7 Å². The monoisotopic (exact) mass is 237 g/mol. The van der Waals surface area contributed by atoms with E-state index in [1.807, 2.05) is 23.1 Å². The van der Waals surface area contributed by atoms with E-state index in [0.717, 1.165) is 23.2 Å². The summed E-state index contributed by atoms with van der Waals surface area (Å²) >= 11 is 0. The quantitative estimate of drug-likeness (QED) is 0.683. The summed E-state index contributed by atoms with van der Waals surface area (Å²) in [5.41, 5.74) is 4.56. The van der Waals surface area contributed by atoms with Crippen molar-refractivity contribution >= 4 is 10.9 Å². The Kier molecular flexibility index (Phi) is 2.59. The van der Waals surface area contributed by atoms with Crippen molar-refractivity contribution < 1.29 is 0 Å². The summed E-state index contributed by atoms with van der Waals surface area (Å²) in [7, 11) is 0. The molecule has 2 heterocycles. The predicted octanol–water partition coefficient (Wildman–Crippen LogP) is 3.43. The first-order valence-corrected chi connectivity index (χ1v) is 6.16. The smallest absolute Gasteiger partial charge is 0.0704 e. The van der Waals surface area contributed by atoms with Crippen LogP contribution in [0.4, 0.5) is 0 Å². The van der Waals surface area contributed by atoms with Crippen molar-refractivity contribution in [2.45, 2.75) is 20.4 Å². The van der Waals surface area contributed by atoms with Gasteiger partial charge in [-0.25, -0.2) is 0 Å². The molecule has 0 aliphatic rings. The number of pyridine rings is 1. The molecule has 0 radical (unpaired) electrons. The van der Waals surface area contributed by atoms with Crippen molar-refractivity contribution in [1.82, 2.24) is 14.8 Å². The highest BCUT2D eigenvalue weighted by Crippen LogP contribution is 2.23. The first-order valence-electron chi connectivity index (χ1n) is 6.16. The van der Waals surface area contributed by atoms with E-state index >= 15 is 0 Å². The van der Waals surface area contributed by atoms with Crippen LogP contribution in [0.15, 0.2) is 42.7 Å². The lowest BCUT2D eigenvalue weighted by atomic mass is 10.1. The molecule has 1 aromatic carbocycles. The molecule has 2 aromatic heterocycles. The van der Waals surface area contributed by atoms with Crippen LogP contribution in [0.3, 0.4) is 0 Å². The van der Waals surface area contributed by atoms with Crippen molar-refractivity contribution in [1.29, 1.82) is 0 Å². The first-order chi connectivity index (χ1) is 8.78. The fourth-order valence-electron chi connectivity index (χ4n) is 2.19. The van der Waals surface area contributed by atoms with Gasteiger partial charge in [-0.2, -0.15) is 5.10 Å². The number of aromatic nitrogens is 3. The zero-order chi connectivity index (χ0) is 12.5. The molecule has 3 aromatic rings. The maximum Gasteiger partial charge on any atom is 0.0704 e. The van der Waals surface area contributed by atoms with Gasteiger partial charge in [0.15, 0.2) is 0 Å². The number of hydrogen-bond donors (Lipinski definition) is 0. The van der Waals surface area contributed by atoms with Gasteiger partial charge in [0.25, 0.3) is 0 Å². The Morgan fingerprint density at radius 3 is 2.83 bits per heavy atom. The molecule has 0 spiro atoms. The van der Waals surface area contributed by atoms with Crippen molar-refractivity contribution in [3.63, 3.8) is 0 Å². The minimum absolute atomic E-state index is 0.894. The Morgan fingerprint density at radius 1 is 1.17 bits per heavy atom. The molecular weight excluding hydrogens is 222 g/mol. The molecule has 0 saturated carbocycles. The van der Waals surface area contributed by atoms with Crippen molar-refractivity contribution in [2.24, 2.45) is 0 Å². The van der Waals surface area contributed by atoms with Crippen LogP contribution in [0.5, 0.6) is 0 Å². The first kappa shape index (κ1) is 11.0. The lowest BCUT2D eigenvalue weighted by molar-refractivity contribution is 0.684. The predicted molar refractivity (Wildman–Crippen MR) is 73.4 cm³/mol. The van der Waals surface area contributed by atoms with Crippen LogP contribution in [-0.4, -0.2) is 14.8 Å². The van der Waals surface area contributed by atoms with Crippen LogP contribution < -0.4 is 0 Å². The Morgan fingerprint density at radius 2 is 2.06 bits per heavy atom. The molecule has 3 rings (SSSR count). The van der Waals surface area contributed by atoms with Crippen LogP contribution >= 0.6 is 0 Å². The van der Waals surface area contributed by atoms with E-state index in [9.17, 15) is 0 Å². The number of nitrogens with zero attached hydrogens (tertiary/aromatic N) is 3. The number of benzene rings is 1. The second-order valence-corrected chi connectivity index (χ2v) is 4.45. The Labute approximate surface area is 106 Å². The van der Waals surface area contributed by atoms with Crippen LogP contribution in [0.25, 0.3) is 22.2 Å². The molecule has 0 aliphatic carbocycles. The van der Waals surface area contributed by atoms with Crippen molar-refractivity contribution in [2.75, 3.05) is 0 Å². The third kappa shape index (κ3) is 1.78. The van der Waals surface area contributed by atoms with E-state index in [0.29, 0.717) is 0 Å². The Balaban J connectivity index is 2.14. The van der Waals surface area contributed by atoms with Gasteiger partial charge in [0.2, 0.25) is 0 Å². The third-order valence-corrected chi connectivity index (χ3v) is 3.15. The van der Waals surface area contributed by atoms with Crippen LogP contribution in [0, 0.1) is 6.92 Å². The average Bonchev–Trinajstić information content (AvgIpc) is 2.80. The van der Waals surface area contributed by atoms with Gasteiger partial charge in [-0.15, -0.1) is 0 Å². The summed E-state index contributed by atoms with van der Waals surface area (Å²) in [6.07, 6.45) is 3.77. The second-order valence-electron chi connectivity index (χ2n) is 4.45. The molecule has 0 unspecified atom stereocenters. The second kappa shape index (κ2) is 4.26. The maximum atomic E-state index is 4.42. The van der Waals surface area contributed by atoms with Gasteiger partial charge >= 0.3 is 0 Å². The third-order valence-electron chi connectivity index (χ3n) is 3.15. The molecule has 0 aliphatic heterocycles. The van der Waals surface area contributed by atoms with Gasteiger partial charge in [-0.1, -0.05) is 6.07 Å². The minimum Gasteiger partial charge on any atom is -0.265 e. The lowest BCUT2D eigenvalue weighted by Gasteiger charge is -2.03. The number of hydrogen-bond acceptors (Lipinski definition) is 2. The fourth-order valence-corrected chi connectivity index (χ4v) is 2.19. The van der Waals surface area contributed by atoms with Gasteiger partial charge in [0, 0.05) is 23.7 Å². The lowest BCUT2D eigenvalue weighted by Crippen LogP contribution is -1.94. The van der Waals surface area contributed by atoms with E-state index in [-0.39, 0.29) is 0 Å². The maximum absolute atomic E-state index is 4.42. The fraction of sp³-hybridized carbons (Fsp3) is 0.200. The zero-order valence-corrected chi connectivity index (χ0v) is 10.6. The number of aryl methyl sites for hydroxylation is 2. The van der Waals surface area contributed by atoms with Gasteiger partial charge in [-0.05, 0) is 43.7 Å². The van der Waals surface area contributed by atoms with Gasteiger partial charge < -0.3 is 0 Å². The highest BCUT2D eigenvalue weighted by Gasteiger charge is 2.04. The zero-order valence-electron chi connectivity index (χ0n) is 10.6. The largest absolute Gasteiger partial charge is 0.265 e. The summed E-state index contributed by atoms with van der Waals surface area (Å²) in [4.78, 5) is 4.42. The minimum atomic E-state index is 0.894. The summed E-state index contributed by atoms with van der Waals surface area (Å²) in [5, 5.41) is 5.53. The molecule has 0 bridgehead atoms. The highest BCUT2D eigenvalue weighted by atomic mass is 15.3. The molecule has 0 atom stereocenters. The molecule has 0 amide bonds. The SMILES string of the molecule is CCn1ncc2cc(-c3cc(C)ccn3)ccc21. The molecule has 90 valence electrons. The summed E-state index contributed by atoms with van der Waals surface area (Å²) in [6, 6.07) is 10.5. The molecule has 0 fully saturated rings. The van der Waals surface area contributed by atoms with Gasteiger partial charge in [-0.3, -0.25) is 9.67 Å². The van der Waals surface area contributed by atoms with Gasteiger partial charge in [0.05, 0.1) is 17.4 Å². The van der Waals surface area contributed by atoms with Crippen molar-refractivity contribution in [3.8, 4) is 11.3 Å². The van der Waals surface area contributed by atoms with Gasteiger partial charge in [0.1, 0.15) is 0 Å². The molecule has 18 heavy (non-hydrogen) atoms. The normalized spacial score (nSPS) is 11.0. The Bertz CT molecular complexity index is 698. The van der Waals surface area contributed by atoms with E-state index in [4.69, 9.17) is 0 Å². The summed E-state index contributed by atoms with van der Waals surface area (Å²) in [5.74, 6) is 0. The molecule has 3 heteroatoms. The van der Waals surface area contributed by atoms with Crippen LogP contribution in [0.1, 0.15) is 12.5 Å². The van der Waals surface area contributed by atoms with Crippen LogP contribution in [-0.2, 0) is 6.54 Å². The molecule has 3 nitrogen and oxygen atoms in total. The number of fused-ring (bicyclic) bond motifs is 1. The van der Waals surface area contributed by atoms with E-state index in [1.54, 1.807) is 0 Å². The van der Waals surface area contributed by atoms with E-state index in [2.05, 4.69) is 48.2 Å². The molecular formula is C15H15N3. The van der Waals surface area contributed by atoms with E-state index < -0.39 is 0 Å². The standard InChI is InChI=1S/C15H15N3/c1-3-18-15-5-4-12(9-13(15)10-17-18)14-8-11(2)6-7-16-14/h4-10H,3H2,1-2H3. The van der Waals surface area contributed by atoms with Crippen molar-refractivity contribution in [3.05, 3.63) is 48.3 Å². The Hall–Kier alpha value is -2.16. The summed E-state index contributed by atoms with van der Waals surface area (Å²) < 4.78 is 2.00. The van der Waals surface area contributed by atoms with E-state index in [1.165, 1.54) is 11.1 Å². The highest BCUT2D eigenvalue weighted by molar-refractivity contribution is 5.83. The summed E-state index contributed by atoms with van der Waals surface area (Å²) in [6.45, 7) is 5.08. The molecule has 0 N–H and O–H groups in total. The average molecular weight is 237 g/mol. The number of rotatable bonds is 2.